The van der Waals surface area contributed by atoms with Gasteiger partial charge in [0, 0.05) is 0 Å². The maximum atomic E-state index is 6.23. The van der Waals surface area contributed by atoms with Crippen molar-refractivity contribution in [2.45, 2.75) is 64.3 Å². The van der Waals surface area contributed by atoms with Crippen LogP contribution in [0.15, 0.2) is 18.5 Å². The van der Waals surface area contributed by atoms with Gasteiger partial charge in [0.25, 0.3) is 0 Å². The molecule has 0 spiro atoms. The van der Waals surface area contributed by atoms with E-state index in [4.69, 9.17) is 14.2 Å². The van der Waals surface area contributed by atoms with Crippen molar-refractivity contribution in [1.29, 1.82) is 0 Å². The highest BCUT2D eigenvalue weighted by Crippen LogP contribution is 2.46. The van der Waals surface area contributed by atoms with Crippen LogP contribution in [0.3, 0.4) is 0 Å². The highest BCUT2D eigenvalue weighted by molar-refractivity contribution is 5.52. The molecule has 0 N–H and O–H groups in total. The minimum atomic E-state index is -0.567. The summed E-state index contributed by atoms with van der Waals surface area (Å²) >= 11 is 0. The van der Waals surface area contributed by atoms with Gasteiger partial charge >= 0.3 is 0 Å². The third-order valence-corrected chi connectivity index (χ3v) is 4.52. The number of nitrogens with zero attached hydrogens (tertiary/aromatic N) is 3. The lowest BCUT2D eigenvalue weighted by Crippen LogP contribution is -2.28. The van der Waals surface area contributed by atoms with E-state index in [1.54, 1.807) is 6.33 Å². The van der Waals surface area contributed by atoms with Crippen molar-refractivity contribution in [3.8, 4) is 0 Å². The Bertz CT molecular complexity index is 712. The Hall–Kier alpha value is -1.50. The summed E-state index contributed by atoms with van der Waals surface area (Å²) in [6.45, 7) is 8.00. The summed E-state index contributed by atoms with van der Waals surface area (Å²) in [5.74, 6) is -0.567. The van der Waals surface area contributed by atoms with Gasteiger partial charge in [-0.25, -0.2) is 9.50 Å². The molecule has 0 bridgehead atoms. The average molecular weight is 303 g/mol. The Morgan fingerprint density at radius 1 is 1.23 bits per heavy atom. The van der Waals surface area contributed by atoms with Gasteiger partial charge in [0.2, 0.25) is 0 Å². The Kier molecular flexibility index (Phi) is 3.04. The lowest BCUT2D eigenvalue weighted by Gasteiger charge is -2.23. The summed E-state index contributed by atoms with van der Waals surface area (Å²) in [5, 5.41) is 4.38. The minimum absolute atomic E-state index is 0.0292. The summed E-state index contributed by atoms with van der Waals surface area (Å²) < 4.78 is 20.3. The Morgan fingerprint density at radius 2 is 2.00 bits per heavy atom. The smallest absolute Gasteiger partial charge is 0.164 e. The van der Waals surface area contributed by atoms with Gasteiger partial charge in [0.15, 0.2) is 5.79 Å². The zero-order valence-electron chi connectivity index (χ0n) is 13.3. The van der Waals surface area contributed by atoms with E-state index in [9.17, 15) is 0 Å². The summed E-state index contributed by atoms with van der Waals surface area (Å²) in [6, 6.07) is 4.08. The van der Waals surface area contributed by atoms with Crippen LogP contribution in [0.4, 0.5) is 0 Å². The van der Waals surface area contributed by atoms with Crippen molar-refractivity contribution < 1.29 is 14.2 Å². The molecular formula is C16H21N3O3. The quantitative estimate of drug-likeness (QED) is 0.852. The molecule has 6 nitrogen and oxygen atoms in total. The Balaban J connectivity index is 1.77. The summed E-state index contributed by atoms with van der Waals surface area (Å²) in [7, 11) is 0. The molecule has 0 aliphatic carbocycles. The molecule has 6 heteroatoms. The van der Waals surface area contributed by atoms with Gasteiger partial charge in [-0.05, 0) is 39.3 Å². The first-order valence-electron chi connectivity index (χ1n) is 7.80. The molecule has 0 radical (unpaired) electrons. The number of hydrogen-bond donors (Lipinski definition) is 0. The second-order valence-corrected chi connectivity index (χ2v) is 6.47. The zero-order chi connectivity index (χ0) is 15.5. The molecule has 2 aromatic rings. The summed E-state index contributed by atoms with van der Waals surface area (Å²) in [6.07, 6.45) is 2.21. The van der Waals surface area contributed by atoms with Crippen molar-refractivity contribution >= 4 is 5.52 Å². The third-order valence-electron chi connectivity index (χ3n) is 4.52. The highest BCUT2D eigenvalue weighted by atomic mass is 16.8. The first kappa shape index (κ1) is 14.1. The van der Waals surface area contributed by atoms with E-state index in [-0.39, 0.29) is 24.4 Å². The molecule has 2 aliphatic rings. The molecule has 0 aromatic carbocycles. The molecular weight excluding hydrogens is 282 g/mol. The van der Waals surface area contributed by atoms with Gasteiger partial charge in [0.05, 0.1) is 23.0 Å². The molecule has 2 saturated heterocycles. The van der Waals surface area contributed by atoms with Crippen LogP contribution < -0.4 is 0 Å². The van der Waals surface area contributed by atoms with Gasteiger partial charge in [-0.2, -0.15) is 5.10 Å². The maximum Gasteiger partial charge on any atom is 0.164 e. The van der Waals surface area contributed by atoms with Crippen molar-refractivity contribution in [1.82, 2.24) is 14.6 Å². The number of aryl methyl sites for hydroxylation is 1. The van der Waals surface area contributed by atoms with Gasteiger partial charge in [0.1, 0.15) is 24.6 Å². The predicted molar refractivity (Wildman–Crippen MR) is 79.5 cm³/mol. The lowest BCUT2D eigenvalue weighted by molar-refractivity contribution is -0.188. The number of ether oxygens (including phenoxy) is 3. The number of aromatic nitrogens is 3. The number of hydrogen-bond acceptors (Lipinski definition) is 5. The van der Waals surface area contributed by atoms with Crippen LogP contribution in [0.25, 0.3) is 5.52 Å². The first-order valence-corrected chi connectivity index (χ1v) is 7.80. The lowest BCUT2D eigenvalue weighted by atomic mass is 10.0. The van der Waals surface area contributed by atoms with E-state index >= 15 is 0 Å². The topological polar surface area (TPSA) is 57.9 Å². The monoisotopic (exact) mass is 303 g/mol. The zero-order valence-corrected chi connectivity index (χ0v) is 13.3. The van der Waals surface area contributed by atoms with E-state index in [1.165, 1.54) is 0 Å². The molecule has 22 heavy (non-hydrogen) atoms. The standard InChI is InChI=1S/C16H21N3O3/c1-5-12-14-15(22-16(3,4)21-14)13(20-12)11-7-6-10-9(2)17-8-18-19(10)11/h6-8,12-15H,5H2,1-4H3/t12-,13+,14-,15+/m1/s1. The minimum Gasteiger partial charge on any atom is -0.363 e. The molecule has 4 rings (SSSR count). The summed E-state index contributed by atoms with van der Waals surface area (Å²) in [5.41, 5.74) is 2.94. The van der Waals surface area contributed by atoms with Crippen molar-refractivity contribution in [2.75, 3.05) is 0 Å². The predicted octanol–water partition coefficient (Wildman–Crippen LogP) is 2.41. The molecule has 4 heterocycles. The van der Waals surface area contributed by atoms with Crippen LogP contribution >= 0.6 is 0 Å². The van der Waals surface area contributed by atoms with Crippen LogP contribution in [0.2, 0.25) is 0 Å². The molecule has 2 aromatic heterocycles. The number of fused-ring (bicyclic) bond motifs is 2. The first-order chi connectivity index (χ1) is 10.5. The van der Waals surface area contributed by atoms with Gasteiger partial charge in [-0.1, -0.05) is 6.92 Å². The van der Waals surface area contributed by atoms with Crippen LogP contribution in [0, 0.1) is 6.92 Å². The molecule has 2 fully saturated rings. The van der Waals surface area contributed by atoms with E-state index in [2.05, 4.69) is 17.0 Å². The molecule has 118 valence electrons. The van der Waals surface area contributed by atoms with Gasteiger partial charge in [-0.3, -0.25) is 0 Å². The summed E-state index contributed by atoms with van der Waals surface area (Å²) in [4.78, 5) is 4.24. The van der Waals surface area contributed by atoms with Crippen LogP contribution in [0.1, 0.15) is 44.7 Å². The van der Waals surface area contributed by atoms with E-state index in [0.717, 1.165) is 23.3 Å². The van der Waals surface area contributed by atoms with Gasteiger partial charge < -0.3 is 14.2 Å². The normalized spacial score (nSPS) is 33.5. The van der Waals surface area contributed by atoms with Crippen LogP contribution in [0.5, 0.6) is 0 Å². The van der Waals surface area contributed by atoms with Crippen molar-refractivity contribution in [2.24, 2.45) is 0 Å². The van der Waals surface area contributed by atoms with Gasteiger partial charge in [-0.15, -0.1) is 0 Å². The SMILES string of the molecule is CC[C@H]1O[C@@H](c2ccc3c(C)ncnn23)[C@@H]2OC(C)(C)O[C@@H]21. The highest BCUT2D eigenvalue weighted by Gasteiger charge is 2.55. The van der Waals surface area contributed by atoms with E-state index < -0.39 is 5.79 Å². The molecule has 0 amide bonds. The maximum absolute atomic E-state index is 6.23. The fraction of sp³-hybridized carbons (Fsp3) is 0.625. The Labute approximate surface area is 129 Å². The second-order valence-electron chi connectivity index (χ2n) is 6.47. The van der Waals surface area contributed by atoms with E-state index in [0.29, 0.717) is 0 Å². The van der Waals surface area contributed by atoms with Crippen LogP contribution in [-0.2, 0) is 14.2 Å². The molecule has 2 aliphatic heterocycles. The average Bonchev–Trinajstić information content (AvgIpc) is 3.10. The van der Waals surface area contributed by atoms with E-state index in [1.807, 2.05) is 37.4 Å². The number of rotatable bonds is 2. The Morgan fingerprint density at radius 3 is 2.77 bits per heavy atom. The van der Waals surface area contributed by atoms with Crippen molar-refractivity contribution in [3.63, 3.8) is 0 Å². The fourth-order valence-corrected chi connectivity index (χ4v) is 3.54. The van der Waals surface area contributed by atoms with Crippen molar-refractivity contribution in [3.05, 3.63) is 29.8 Å². The second kappa shape index (κ2) is 4.75. The molecule has 0 unspecified atom stereocenters. The molecule has 0 saturated carbocycles. The third kappa shape index (κ3) is 1.98. The molecule has 4 atom stereocenters. The fourth-order valence-electron chi connectivity index (χ4n) is 3.54. The largest absolute Gasteiger partial charge is 0.363 e. The van der Waals surface area contributed by atoms with Crippen LogP contribution in [-0.4, -0.2) is 38.7 Å².